The first kappa shape index (κ1) is 25.6. The van der Waals surface area contributed by atoms with E-state index >= 15 is 0 Å². The predicted octanol–water partition coefficient (Wildman–Crippen LogP) is 7.07. The molecule has 6 heteroatoms. The third-order valence-corrected chi connectivity index (χ3v) is 6.00. The standard InChI is InChI=1S/C28H37N3O2Si/c1-27(2,3)24(31-26(32)33-28(4,5)6)25-29-18-23(30-25)22-13-12-20-16-19(10-11-21(20)17-22)14-15-34(7,8)9/h10-13,16-18,24H,1-9H3,(H,29,30)(H,31,32)/t24-/m1/s1. The van der Waals surface area contributed by atoms with E-state index in [4.69, 9.17) is 4.74 Å². The Kier molecular flexibility index (Phi) is 7.00. The summed E-state index contributed by atoms with van der Waals surface area (Å²) >= 11 is 0. The zero-order valence-electron chi connectivity index (χ0n) is 21.9. The van der Waals surface area contributed by atoms with Crippen LogP contribution in [0.1, 0.15) is 59.0 Å². The molecule has 0 saturated heterocycles. The van der Waals surface area contributed by atoms with Crippen LogP contribution in [0.4, 0.5) is 4.79 Å². The number of fused-ring (bicyclic) bond motifs is 1. The van der Waals surface area contributed by atoms with Gasteiger partial charge in [-0.1, -0.05) is 64.5 Å². The Hall–Kier alpha value is -3.04. The molecule has 0 spiro atoms. The van der Waals surface area contributed by atoms with Crippen LogP contribution in [0.25, 0.3) is 22.0 Å². The number of aromatic amines is 1. The molecular weight excluding hydrogens is 438 g/mol. The number of amides is 1. The number of nitrogens with zero attached hydrogens (tertiary/aromatic N) is 1. The number of benzene rings is 2. The topological polar surface area (TPSA) is 67.0 Å². The zero-order chi connectivity index (χ0) is 25.3. The smallest absolute Gasteiger partial charge is 0.408 e. The van der Waals surface area contributed by atoms with E-state index < -0.39 is 19.8 Å². The molecule has 2 aromatic carbocycles. The van der Waals surface area contributed by atoms with Gasteiger partial charge in [-0.15, -0.1) is 5.54 Å². The number of aromatic nitrogens is 2. The molecule has 0 saturated carbocycles. The molecular formula is C28H37N3O2Si. The molecule has 0 aliphatic heterocycles. The van der Waals surface area contributed by atoms with E-state index in [-0.39, 0.29) is 11.5 Å². The number of nitrogens with one attached hydrogen (secondary N) is 2. The van der Waals surface area contributed by atoms with E-state index in [1.807, 2.05) is 27.0 Å². The first-order valence-corrected chi connectivity index (χ1v) is 15.2. The van der Waals surface area contributed by atoms with Gasteiger partial charge >= 0.3 is 6.09 Å². The minimum atomic E-state index is -1.41. The van der Waals surface area contributed by atoms with Crippen LogP contribution >= 0.6 is 0 Å². The quantitative estimate of drug-likeness (QED) is 0.314. The monoisotopic (exact) mass is 475 g/mol. The van der Waals surface area contributed by atoms with E-state index in [1.54, 1.807) is 0 Å². The van der Waals surface area contributed by atoms with Gasteiger partial charge in [0.25, 0.3) is 0 Å². The molecule has 1 atom stereocenters. The van der Waals surface area contributed by atoms with E-state index in [9.17, 15) is 4.79 Å². The van der Waals surface area contributed by atoms with Crippen LogP contribution in [0.15, 0.2) is 42.6 Å². The number of H-pyrrole nitrogens is 1. The molecule has 34 heavy (non-hydrogen) atoms. The fourth-order valence-corrected chi connectivity index (χ4v) is 4.02. The number of carbonyl (C=O) groups excluding carboxylic acids is 1. The number of imidazole rings is 1. The fourth-order valence-electron chi connectivity index (χ4n) is 3.50. The third-order valence-electron chi connectivity index (χ3n) is 5.13. The Labute approximate surface area is 204 Å². The number of ether oxygens (including phenoxy) is 1. The highest BCUT2D eigenvalue weighted by molar-refractivity contribution is 6.83. The Morgan fingerprint density at radius 2 is 1.68 bits per heavy atom. The summed E-state index contributed by atoms with van der Waals surface area (Å²) in [6.07, 6.45) is 1.36. The molecule has 2 N–H and O–H groups in total. The van der Waals surface area contributed by atoms with Crippen molar-refractivity contribution < 1.29 is 9.53 Å². The summed E-state index contributed by atoms with van der Waals surface area (Å²) in [4.78, 5) is 20.5. The highest BCUT2D eigenvalue weighted by Gasteiger charge is 2.32. The highest BCUT2D eigenvalue weighted by Crippen LogP contribution is 2.33. The van der Waals surface area contributed by atoms with E-state index in [0.717, 1.165) is 27.6 Å². The van der Waals surface area contributed by atoms with E-state index in [1.165, 1.54) is 0 Å². The van der Waals surface area contributed by atoms with Crippen molar-refractivity contribution in [2.75, 3.05) is 0 Å². The van der Waals surface area contributed by atoms with Gasteiger partial charge in [0.1, 0.15) is 19.5 Å². The summed E-state index contributed by atoms with van der Waals surface area (Å²) in [5.74, 6) is 4.03. The zero-order valence-corrected chi connectivity index (χ0v) is 22.9. The number of carbonyl (C=O) groups is 1. The molecule has 1 aromatic heterocycles. The first-order chi connectivity index (χ1) is 15.6. The summed E-state index contributed by atoms with van der Waals surface area (Å²) in [6.45, 7) is 18.5. The second-order valence-electron chi connectivity index (χ2n) is 11.9. The van der Waals surface area contributed by atoms with Gasteiger partial charge in [-0.2, -0.15) is 0 Å². The lowest BCUT2D eigenvalue weighted by Gasteiger charge is -2.31. The summed E-state index contributed by atoms with van der Waals surface area (Å²) in [5, 5.41) is 5.29. The number of rotatable bonds is 3. The van der Waals surface area contributed by atoms with Crippen molar-refractivity contribution in [3.63, 3.8) is 0 Å². The Bertz CT molecular complexity index is 1240. The molecule has 0 fully saturated rings. The van der Waals surface area contributed by atoms with E-state index in [2.05, 4.69) is 104 Å². The van der Waals surface area contributed by atoms with Crippen LogP contribution < -0.4 is 5.32 Å². The molecule has 3 rings (SSSR count). The van der Waals surface area contributed by atoms with Gasteiger partial charge in [0.15, 0.2) is 0 Å². The van der Waals surface area contributed by atoms with Crippen LogP contribution in [0.3, 0.4) is 0 Å². The maximum absolute atomic E-state index is 12.5. The lowest BCUT2D eigenvalue weighted by Crippen LogP contribution is -2.40. The summed E-state index contributed by atoms with van der Waals surface area (Å²) in [5.41, 5.74) is 5.59. The van der Waals surface area contributed by atoms with Crippen molar-refractivity contribution in [2.24, 2.45) is 5.41 Å². The van der Waals surface area contributed by atoms with Gasteiger partial charge in [-0.05, 0) is 55.2 Å². The van der Waals surface area contributed by atoms with Gasteiger partial charge in [-0.3, -0.25) is 0 Å². The molecule has 0 bridgehead atoms. The summed E-state index contributed by atoms with van der Waals surface area (Å²) < 4.78 is 5.47. The molecule has 1 heterocycles. The van der Waals surface area contributed by atoms with Crippen LogP contribution in [0.5, 0.6) is 0 Å². The molecule has 0 aliphatic rings. The summed E-state index contributed by atoms with van der Waals surface area (Å²) in [6, 6.07) is 12.4. The van der Waals surface area contributed by atoms with Gasteiger partial charge in [0, 0.05) is 11.1 Å². The summed E-state index contributed by atoms with van der Waals surface area (Å²) in [7, 11) is -1.41. The maximum atomic E-state index is 12.5. The molecule has 0 unspecified atom stereocenters. The minimum absolute atomic E-state index is 0.261. The first-order valence-electron chi connectivity index (χ1n) is 11.7. The largest absolute Gasteiger partial charge is 0.444 e. The van der Waals surface area contributed by atoms with Gasteiger partial charge < -0.3 is 15.0 Å². The van der Waals surface area contributed by atoms with Crippen molar-refractivity contribution in [2.45, 2.75) is 72.8 Å². The molecule has 0 radical (unpaired) electrons. The van der Waals surface area contributed by atoms with Crippen molar-refractivity contribution in [3.05, 3.63) is 54.0 Å². The van der Waals surface area contributed by atoms with E-state index in [0.29, 0.717) is 5.82 Å². The highest BCUT2D eigenvalue weighted by atomic mass is 28.3. The van der Waals surface area contributed by atoms with Crippen LogP contribution in [0, 0.1) is 16.9 Å². The number of hydrogen-bond acceptors (Lipinski definition) is 3. The lowest BCUT2D eigenvalue weighted by molar-refractivity contribution is 0.0458. The molecule has 1 amide bonds. The maximum Gasteiger partial charge on any atom is 0.408 e. The van der Waals surface area contributed by atoms with Crippen molar-refractivity contribution in [3.8, 4) is 22.7 Å². The van der Waals surface area contributed by atoms with Gasteiger partial charge in [0.05, 0.1) is 17.9 Å². The number of alkyl carbamates (subject to hydrolysis) is 1. The Morgan fingerprint density at radius 3 is 2.29 bits per heavy atom. The van der Waals surface area contributed by atoms with Gasteiger partial charge in [-0.25, -0.2) is 9.78 Å². The Morgan fingerprint density at radius 1 is 1.03 bits per heavy atom. The predicted molar refractivity (Wildman–Crippen MR) is 143 cm³/mol. The van der Waals surface area contributed by atoms with Crippen LogP contribution in [-0.2, 0) is 4.74 Å². The second-order valence-corrected chi connectivity index (χ2v) is 16.7. The molecule has 0 aliphatic carbocycles. The van der Waals surface area contributed by atoms with Gasteiger partial charge in [0.2, 0.25) is 0 Å². The second kappa shape index (κ2) is 9.30. The lowest BCUT2D eigenvalue weighted by atomic mass is 9.86. The van der Waals surface area contributed by atoms with Crippen molar-refractivity contribution in [1.29, 1.82) is 0 Å². The average Bonchev–Trinajstić information content (AvgIpc) is 3.17. The van der Waals surface area contributed by atoms with Crippen molar-refractivity contribution in [1.82, 2.24) is 15.3 Å². The number of hydrogen-bond donors (Lipinski definition) is 2. The normalized spacial score (nSPS) is 13.2. The van der Waals surface area contributed by atoms with Crippen molar-refractivity contribution >= 4 is 24.9 Å². The molecule has 3 aromatic rings. The fraction of sp³-hybridized carbons (Fsp3) is 0.429. The third kappa shape index (κ3) is 6.98. The molecule has 180 valence electrons. The molecule has 5 nitrogen and oxygen atoms in total. The SMILES string of the molecule is CC(C)(C)OC(=O)N[C@H](c1ncc(-c2ccc3cc(C#C[Si](C)(C)C)ccc3c2)[nH]1)C(C)(C)C. The van der Waals surface area contributed by atoms with Crippen LogP contribution in [0.2, 0.25) is 19.6 Å². The average molecular weight is 476 g/mol. The Balaban J connectivity index is 1.87. The minimum Gasteiger partial charge on any atom is -0.444 e. The van der Waals surface area contributed by atoms with Crippen LogP contribution in [-0.4, -0.2) is 29.7 Å².